The van der Waals surface area contributed by atoms with Crippen LogP contribution in [0.25, 0.3) is 0 Å². The first-order valence-electron chi connectivity index (χ1n) is 2.85. The summed E-state index contributed by atoms with van der Waals surface area (Å²) in [5.74, 6) is 0. The SMILES string of the molecule is C/C=C\C(C)=NC(C)=S. The second kappa shape index (κ2) is 4.39. The van der Waals surface area contributed by atoms with Crippen molar-refractivity contribution in [3.8, 4) is 0 Å². The summed E-state index contributed by atoms with van der Waals surface area (Å²) in [5.41, 5.74) is 0.963. The first kappa shape index (κ1) is 8.50. The molecular weight excluding hydrogens is 130 g/mol. The second-order valence-corrected chi connectivity index (χ2v) is 2.36. The lowest BCUT2D eigenvalue weighted by molar-refractivity contribution is 1.62. The number of aliphatic imine (C=N–C) groups is 1. The number of hydrogen-bond donors (Lipinski definition) is 0. The molecule has 0 aliphatic heterocycles. The Morgan fingerprint density at radius 3 is 2.33 bits per heavy atom. The number of nitrogens with zero attached hydrogens (tertiary/aromatic N) is 1. The minimum Gasteiger partial charge on any atom is -0.247 e. The van der Waals surface area contributed by atoms with E-state index < -0.39 is 0 Å². The Hall–Kier alpha value is -0.500. The maximum Gasteiger partial charge on any atom is 0.100 e. The van der Waals surface area contributed by atoms with Crippen molar-refractivity contribution in [2.75, 3.05) is 0 Å². The van der Waals surface area contributed by atoms with Crippen molar-refractivity contribution >= 4 is 22.9 Å². The molecule has 0 fully saturated rings. The summed E-state index contributed by atoms with van der Waals surface area (Å²) in [5, 5.41) is 0. The van der Waals surface area contributed by atoms with Gasteiger partial charge in [0.1, 0.15) is 4.99 Å². The standard InChI is InChI=1S/C7H11NS/c1-4-5-6(2)8-7(3)9/h4-5H,1-3H3/b5-4-,8-6?. The summed E-state index contributed by atoms with van der Waals surface area (Å²) in [6, 6.07) is 0. The van der Waals surface area contributed by atoms with Gasteiger partial charge in [-0.25, -0.2) is 4.99 Å². The molecule has 0 spiro atoms. The molecule has 0 aromatic heterocycles. The molecule has 0 rings (SSSR count). The second-order valence-electron chi connectivity index (χ2n) is 1.77. The zero-order valence-corrected chi connectivity index (χ0v) is 6.83. The molecule has 50 valence electrons. The van der Waals surface area contributed by atoms with Gasteiger partial charge in [0.05, 0.1) is 0 Å². The van der Waals surface area contributed by atoms with E-state index >= 15 is 0 Å². The van der Waals surface area contributed by atoms with Crippen LogP contribution in [0.2, 0.25) is 0 Å². The van der Waals surface area contributed by atoms with Crippen molar-refractivity contribution in [3.05, 3.63) is 12.2 Å². The lowest BCUT2D eigenvalue weighted by atomic mass is 10.4. The Labute approximate surface area is 61.5 Å². The molecule has 0 unspecified atom stereocenters. The third-order valence-electron chi connectivity index (χ3n) is 0.742. The monoisotopic (exact) mass is 141 g/mol. The van der Waals surface area contributed by atoms with Gasteiger partial charge in [-0.3, -0.25) is 0 Å². The van der Waals surface area contributed by atoms with Crippen molar-refractivity contribution in [1.29, 1.82) is 0 Å². The smallest absolute Gasteiger partial charge is 0.100 e. The zero-order chi connectivity index (χ0) is 7.28. The summed E-state index contributed by atoms with van der Waals surface area (Å²) in [4.78, 5) is 4.71. The first-order valence-corrected chi connectivity index (χ1v) is 3.26. The molecule has 0 atom stereocenters. The van der Waals surface area contributed by atoms with Gasteiger partial charge in [-0.05, 0) is 26.8 Å². The molecule has 0 saturated carbocycles. The fourth-order valence-electron chi connectivity index (χ4n) is 0.527. The number of thiocarbonyl (C=S) groups is 1. The van der Waals surface area contributed by atoms with E-state index in [1.54, 1.807) is 0 Å². The Morgan fingerprint density at radius 2 is 2.00 bits per heavy atom. The van der Waals surface area contributed by atoms with E-state index in [4.69, 9.17) is 12.2 Å². The van der Waals surface area contributed by atoms with Crippen molar-refractivity contribution in [3.63, 3.8) is 0 Å². The third kappa shape index (κ3) is 5.37. The number of allylic oxidation sites excluding steroid dienone is 2. The molecule has 0 bridgehead atoms. The van der Waals surface area contributed by atoms with Crippen LogP contribution in [0.4, 0.5) is 0 Å². The van der Waals surface area contributed by atoms with Gasteiger partial charge in [-0.1, -0.05) is 18.3 Å². The average Bonchev–Trinajstić information content (AvgIpc) is 1.63. The molecule has 0 amide bonds. The summed E-state index contributed by atoms with van der Waals surface area (Å²) < 4.78 is 0. The number of hydrogen-bond acceptors (Lipinski definition) is 1. The van der Waals surface area contributed by atoms with Gasteiger partial charge in [-0.15, -0.1) is 0 Å². The van der Waals surface area contributed by atoms with Gasteiger partial charge >= 0.3 is 0 Å². The highest BCUT2D eigenvalue weighted by atomic mass is 32.1. The molecule has 0 aliphatic rings. The summed E-state index contributed by atoms with van der Waals surface area (Å²) in [7, 11) is 0. The van der Waals surface area contributed by atoms with E-state index in [-0.39, 0.29) is 0 Å². The minimum atomic E-state index is 0.686. The van der Waals surface area contributed by atoms with E-state index in [0.29, 0.717) is 4.99 Å². The Bertz CT molecular complexity index is 156. The van der Waals surface area contributed by atoms with Gasteiger partial charge in [0.15, 0.2) is 0 Å². The van der Waals surface area contributed by atoms with E-state index in [0.717, 1.165) is 5.71 Å². The van der Waals surface area contributed by atoms with Crippen molar-refractivity contribution in [2.45, 2.75) is 20.8 Å². The van der Waals surface area contributed by atoms with Crippen LogP contribution >= 0.6 is 12.2 Å². The van der Waals surface area contributed by atoms with Crippen LogP contribution in [-0.4, -0.2) is 10.7 Å². The summed E-state index contributed by atoms with van der Waals surface area (Å²) in [6.45, 7) is 5.69. The highest BCUT2D eigenvalue weighted by Gasteiger charge is 1.81. The molecule has 2 heteroatoms. The molecule has 1 nitrogen and oxygen atoms in total. The molecule has 0 N–H and O–H groups in total. The van der Waals surface area contributed by atoms with Crippen LogP contribution < -0.4 is 0 Å². The summed E-state index contributed by atoms with van der Waals surface area (Å²) >= 11 is 4.76. The molecule has 9 heavy (non-hydrogen) atoms. The van der Waals surface area contributed by atoms with Crippen molar-refractivity contribution < 1.29 is 0 Å². The van der Waals surface area contributed by atoms with E-state index in [1.165, 1.54) is 0 Å². The maximum absolute atomic E-state index is 4.76. The Morgan fingerprint density at radius 1 is 1.44 bits per heavy atom. The molecule has 0 aromatic carbocycles. The van der Waals surface area contributed by atoms with E-state index in [1.807, 2.05) is 32.9 Å². The predicted molar refractivity (Wildman–Crippen MR) is 46.2 cm³/mol. The van der Waals surface area contributed by atoms with Gasteiger partial charge in [0.2, 0.25) is 0 Å². The third-order valence-corrected chi connectivity index (χ3v) is 0.833. The normalized spacial score (nSPS) is 12.6. The van der Waals surface area contributed by atoms with Gasteiger partial charge < -0.3 is 0 Å². The molecular formula is C7H11NS. The van der Waals surface area contributed by atoms with Crippen LogP contribution in [0, 0.1) is 0 Å². The van der Waals surface area contributed by atoms with Gasteiger partial charge in [-0.2, -0.15) is 0 Å². The molecule has 0 aromatic rings. The predicted octanol–water partition coefficient (Wildman–Crippen LogP) is 2.37. The lowest BCUT2D eigenvalue weighted by Crippen LogP contribution is -1.88. The van der Waals surface area contributed by atoms with Crippen LogP contribution in [0.15, 0.2) is 17.1 Å². The molecule has 0 aliphatic carbocycles. The van der Waals surface area contributed by atoms with Gasteiger partial charge in [0, 0.05) is 5.71 Å². The largest absolute Gasteiger partial charge is 0.247 e. The van der Waals surface area contributed by atoms with Crippen LogP contribution in [0.3, 0.4) is 0 Å². The zero-order valence-electron chi connectivity index (χ0n) is 6.01. The minimum absolute atomic E-state index is 0.686. The van der Waals surface area contributed by atoms with Crippen LogP contribution in [-0.2, 0) is 0 Å². The fourth-order valence-corrected chi connectivity index (χ4v) is 0.671. The van der Waals surface area contributed by atoms with Crippen LogP contribution in [0.5, 0.6) is 0 Å². The Balaban J connectivity index is 4.00. The highest BCUT2D eigenvalue weighted by molar-refractivity contribution is 7.80. The maximum atomic E-state index is 4.76. The van der Waals surface area contributed by atoms with Crippen molar-refractivity contribution in [1.82, 2.24) is 0 Å². The summed E-state index contributed by atoms with van der Waals surface area (Å²) in [6.07, 6.45) is 3.87. The van der Waals surface area contributed by atoms with Crippen LogP contribution in [0.1, 0.15) is 20.8 Å². The fraction of sp³-hybridized carbons (Fsp3) is 0.429. The van der Waals surface area contributed by atoms with E-state index in [9.17, 15) is 0 Å². The topological polar surface area (TPSA) is 12.4 Å². The van der Waals surface area contributed by atoms with E-state index in [2.05, 4.69) is 4.99 Å². The molecule has 0 radical (unpaired) electrons. The quantitative estimate of drug-likeness (QED) is 0.403. The highest BCUT2D eigenvalue weighted by Crippen LogP contribution is 1.83. The Kier molecular flexibility index (Phi) is 4.14. The lowest BCUT2D eigenvalue weighted by Gasteiger charge is -1.87. The van der Waals surface area contributed by atoms with Crippen molar-refractivity contribution in [2.24, 2.45) is 4.99 Å². The molecule has 0 heterocycles. The van der Waals surface area contributed by atoms with Gasteiger partial charge in [0.25, 0.3) is 0 Å². The first-order chi connectivity index (χ1) is 4.16. The molecule has 0 saturated heterocycles. The number of rotatable bonds is 1. The average molecular weight is 141 g/mol.